The Morgan fingerprint density at radius 1 is 1.53 bits per heavy atom. The smallest absolute Gasteiger partial charge is 0.326 e. The van der Waals surface area contributed by atoms with Crippen LogP contribution in [0.4, 0.5) is 0 Å². The summed E-state index contributed by atoms with van der Waals surface area (Å²) in [6.07, 6.45) is 5.37. The van der Waals surface area contributed by atoms with Gasteiger partial charge in [-0.25, -0.2) is 0 Å². The van der Waals surface area contributed by atoms with Crippen LogP contribution >= 0.6 is 0 Å². The second-order valence-corrected chi connectivity index (χ2v) is 4.42. The van der Waals surface area contributed by atoms with E-state index in [1.54, 1.807) is 0 Å². The molecule has 3 heteroatoms. The molecule has 15 heavy (non-hydrogen) atoms. The van der Waals surface area contributed by atoms with Gasteiger partial charge in [0.25, 0.3) is 0 Å². The maximum atomic E-state index is 11.9. The van der Waals surface area contributed by atoms with Gasteiger partial charge in [0.15, 0.2) is 0 Å². The van der Waals surface area contributed by atoms with Crippen molar-refractivity contribution in [2.75, 3.05) is 13.7 Å². The van der Waals surface area contributed by atoms with Gasteiger partial charge in [0.1, 0.15) is 5.54 Å². The molecule has 0 aromatic rings. The lowest BCUT2D eigenvalue weighted by Crippen LogP contribution is -2.54. The number of rotatable bonds is 4. The summed E-state index contributed by atoms with van der Waals surface area (Å²) in [4.78, 5) is 11.9. The Kier molecular flexibility index (Phi) is 4.58. The molecule has 2 atom stereocenters. The normalized spacial score (nSPS) is 31.3. The SMILES string of the molecule is CCOC(=O)C1(NC)CCCC(CC)C1. The van der Waals surface area contributed by atoms with Crippen LogP contribution in [0.15, 0.2) is 0 Å². The fourth-order valence-corrected chi connectivity index (χ4v) is 2.52. The van der Waals surface area contributed by atoms with Crippen LogP contribution in [0.5, 0.6) is 0 Å². The molecule has 0 aliphatic heterocycles. The standard InChI is InChI=1S/C12H23NO2/c1-4-10-7-6-8-12(9-10,13-3)11(14)15-5-2/h10,13H,4-9H2,1-3H3. The van der Waals surface area contributed by atoms with E-state index in [-0.39, 0.29) is 5.97 Å². The number of nitrogens with one attached hydrogen (secondary N) is 1. The van der Waals surface area contributed by atoms with Crippen molar-refractivity contribution >= 4 is 5.97 Å². The molecule has 1 rings (SSSR count). The minimum absolute atomic E-state index is 0.0642. The Morgan fingerprint density at radius 2 is 2.27 bits per heavy atom. The molecule has 1 aliphatic rings. The van der Waals surface area contributed by atoms with E-state index in [1.165, 1.54) is 6.42 Å². The number of carbonyl (C=O) groups excluding carboxylic acids is 1. The van der Waals surface area contributed by atoms with Gasteiger partial charge in [-0.3, -0.25) is 4.79 Å². The highest BCUT2D eigenvalue weighted by Gasteiger charge is 2.42. The summed E-state index contributed by atoms with van der Waals surface area (Å²) < 4.78 is 5.17. The lowest BCUT2D eigenvalue weighted by atomic mass is 9.75. The molecule has 88 valence electrons. The van der Waals surface area contributed by atoms with Crippen molar-refractivity contribution in [3.05, 3.63) is 0 Å². The molecule has 1 saturated carbocycles. The van der Waals surface area contributed by atoms with E-state index in [1.807, 2.05) is 14.0 Å². The van der Waals surface area contributed by atoms with Gasteiger partial charge in [-0.15, -0.1) is 0 Å². The summed E-state index contributed by atoms with van der Waals surface area (Å²) >= 11 is 0. The van der Waals surface area contributed by atoms with E-state index in [0.717, 1.165) is 25.7 Å². The molecule has 0 aromatic heterocycles. The van der Waals surface area contributed by atoms with E-state index >= 15 is 0 Å². The molecule has 0 saturated heterocycles. The lowest BCUT2D eigenvalue weighted by molar-refractivity contribution is -0.153. The molecule has 0 amide bonds. The molecule has 0 radical (unpaired) electrons. The fraction of sp³-hybridized carbons (Fsp3) is 0.917. The zero-order valence-corrected chi connectivity index (χ0v) is 10.1. The van der Waals surface area contributed by atoms with Gasteiger partial charge in [-0.05, 0) is 32.7 Å². The summed E-state index contributed by atoms with van der Waals surface area (Å²) in [6, 6.07) is 0. The second kappa shape index (κ2) is 5.50. The third kappa shape index (κ3) is 2.71. The Hall–Kier alpha value is -0.570. The molecule has 0 bridgehead atoms. The lowest BCUT2D eigenvalue weighted by Gasteiger charge is -2.38. The third-order valence-corrected chi connectivity index (χ3v) is 3.58. The van der Waals surface area contributed by atoms with Crippen molar-refractivity contribution in [2.45, 2.75) is 51.5 Å². The quantitative estimate of drug-likeness (QED) is 0.727. The van der Waals surface area contributed by atoms with E-state index < -0.39 is 5.54 Å². The number of hydrogen-bond donors (Lipinski definition) is 1. The van der Waals surface area contributed by atoms with Crippen molar-refractivity contribution in [3.8, 4) is 0 Å². The predicted octanol–water partition coefficient (Wildman–Crippen LogP) is 2.11. The van der Waals surface area contributed by atoms with Crippen LogP contribution in [-0.4, -0.2) is 25.2 Å². The van der Waals surface area contributed by atoms with Crippen molar-refractivity contribution in [3.63, 3.8) is 0 Å². The summed E-state index contributed by atoms with van der Waals surface area (Å²) in [7, 11) is 1.87. The molecular weight excluding hydrogens is 190 g/mol. The number of likely N-dealkylation sites (N-methyl/N-ethyl adjacent to an activating group) is 1. The first-order valence-corrected chi connectivity index (χ1v) is 6.04. The highest BCUT2D eigenvalue weighted by Crippen LogP contribution is 2.34. The first-order valence-electron chi connectivity index (χ1n) is 6.04. The van der Waals surface area contributed by atoms with Gasteiger partial charge in [-0.1, -0.05) is 26.2 Å². The van der Waals surface area contributed by atoms with E-state index in [9.17, 15) is 4.79 Å². The molecular formula is C12H23NO2. The van der Waals surface area contributed by atoms with E-state index in [0.29, 0.717) is 12.5 Å². The molecule has 1 N–H and O–H groups in total. The molecule has 1 aliphatic carbocycles. The number of carbonyl (C=O) groups is 1. The van der Waals surface area contributed by atoms with E-state index in [2.05, 4.69) is 12.2 Å². The first-order chi connectivity index (χ1) is 7.18. The summed E-state index contributed by atoms with van der Waals surface area (Å²) in [6.45, 7) is 4.53. The van der Waals surface area contributed by atoms with Crippen molar-refractivity contribution in [1.82, 2.24) is 5.32 Å². The van der Waals surface area contributed by atoms with Crippen LogP contribution in [0, 0.1) is 5.92 Å². The highest BCUT2D eigenvalue weighted by atomic mass is 16.5. The average Bonchev–Trinajstić information content (AvgIpc) is 2.29. The Bertz CT molecular complexity index is 218. The zero-order chi connectivity index (χ0) is 11.3. The van der Waals surface area contributed by atoms with Crippen LogP contribution in [0.2, 0.25) is 0 Å². The topological polar surface area (TPSA) is 38.3 Å². The van der Waals surface area contributed by atoms with Crippen LogP contribution in [-0.2, 0) is 9.53 Å². The Balaban J connectivity index is 2.69. The molecule has 1 fully saturated rings. The van der Waals surface area contributed by atoms with Gasteiger partial charge in [0.2, 0.25) is 0 Å². The van der Waals surface area contributed by atoms with Crippen LogP contribution in [0.25, 0.3) is 0 Å². The van der Waals surface area contributed by atoms with Gasteiger partial charge >= 0.3 is 5.97 Å². The minimum Gasteiger partial charge on any atom is -0.465 e. The minimum atomic E-state index is -0.408. The largest absolute Gasteiger partial charge is 0.465 e. The monoisotopic (exact) mass is 213 g/mol. The highest BCUT2D eigenvalue weighted by molar-refractivity contribution is 5.81. The number of esters is 1. The fourth-order valence-electron chi connectivity index (χ4n) is 2.52. The Labute approximate surface area is 92.6 Å². The predicted molar refractivity (Wildman–Crippen MR) is 60.7 cm³/mol. The zero-order valence-electron chi connectivity index (χ0n) is 10.1. The van der Waals surface area contributed by atoms with Gasteiger partial charge in [0, 0.05) is 0 Å². The second-order valence-electron chi connectivity index (χ2n) is 4.42. The van der Waals surface area contributed by atoms with Gasteiger partial charge < -0.3 is 10.1 Å². The van der Waals surface area contributed by atoms with E-state index in [4.69, 9.17) is 4.74 Å². The van der Waals surface area contributed by atoms with Gasteiger partial charge in [-0.2, -0.15) is 0 Å². The summed E-state index contributed by atoms with van der Waals surface area (Å²) in [5.41, 5.74) is -0.408. The molecule has 0 spiro atoms. The summed E-state index contributed by atoms with van der Waals surface area (Å²) in [5, 5.41) is 3.19. The molecule has 2 unspecified atom stereocenters. The summed E-state index contributed by atoms with van der Waals surface area (Å²) in [5.74, 6) is 0.598. The van der Waals surface area contributed by atoms with Crippen LogP contribution in [0.1, 0.15) is 46.0 Å². The molecule has 0 heterocycles. The van der Waals surface area contributed by atoms with Gasteiger partial charge in [0.05, 0.1) is 6.61 Å². The third-order valence-electron chi connectivity index (χ3n) is 3.58. The van der Waals surface area contributed by atoms with Crippen LogP contribution < -0.4 is 5.32 Å². The maximum absolute atomic E-state index is 11.9. The van der Waals surface area contributed by atoms with Crippen molar-refractivity contribution in [1.29, 1.82) is 0 Å². The maximum Gasteiger partial charge on any atom is 0.326 e. The van der Waals surface area contributed by atoms with Crippen molar-refractivity contribution < 1.29 is 9.53 Å². The van der Waals surface area contributed by atoms with Crippen molar-refractivity contribution in [2.24, 2.45) is 5.92 Å². The Morgan fingerprint density at radius 3 is 2.80 bits per heavy atom. The average molecular weight is 213 g/mol. The molecule has 3 nitrogen and oxygen atoms in total. The first kappa shape index (κ1) is 12.5. The number of hydrogen-bond acceptors (Lipinski definition) is 3. The number of ether oxygens (including phenoxy) is 1. The van der Waals surface area contributed by atoms with Crippen LogP contribution in [0.3, 0.4) is 0 Å². The molecule has 0 aromatic carbocycles.